The maximum absolute atomic E-state index is 11.3. The lowest BCUT2D eigenvalue weighted by molar-refractivity contribution is -0.135. The third kappa shape index (κ3) is 1.71. The van der Waals surface area contributed by atoms with Gasteiger partial charge in [0.05, 0.1) is 20.6 Å². The van der Waals surface area contributed by atoms with Gasteiger partial charge in [-0.1, -0.05) is 6.92 Å². The van der Waals surface area contributed by atoms with E-state index in [0.29, 0.717) is 23.7 Å². The molecule has 1 aromatic carbocycles. The second kappa shape index (κ2) is 4.04. The molecule has 1 aliphatic rings. The number of carbonyl (C=O) groups excluding carboxylic acids is 1. The maximum atomic E-state index is 11.3. The Morgan fingerprint density at radius 3 is 2.50 bits per heavy atom. The molecular weight excluding hydrogens is 208 g/mol. The minimum Gasteiger partial charge on any atom is -0.493 e. The smallest absolute Gasteiger partial charge is 0.311 e. The zero-order valence-electron chi connectivity index (χ0n) is 9.57. The van der Waals surface area contributed by atoms with Gasteiger partial charge in [0.15, 0.2) is 11.5 Å². The van der Waals surface area contributed by atoms with Gasteiger partial charge in [0.25, 0.3) is 0 Å². The van der Waals surface area contributed by atoms with Crippen LogP contribution < -0.4 is 14.2 Å². The van der Waals surface area contributed by atoms with Crippen LogP contribution >= 0.6 is 0 Å². The molecule has 16 heavy (non-hydrogen) atoms. The summed E-state index contributed by atoms with van der Waals surface area (Å²) in [5.41, 5.74) is 0.984. The first-order valence-corrected chi connectivity index (χ1v) is 5.12. The Hall–Kier alpha value is -1.71. The van der Waals surface area contributed by atoms with Crippen LogP contribution in [0.4, 0.5) is 0 Å². The van der Waals surface area contributed by atoms with E-state index < -0.39 is 0 Å². The van der Waals surface area contributed by atoms with Crippen molar-refractivity contribution in [3.05, 3.63) is 17.7 Å². The van der Waals surface area contributed by atoms with Gasteiger partial charge in [0.2, 0.25) is 0 Å². The lowest BCUT2D eigenvalue weighted by atomic mass is 9.94. The Balaban J connectivity index is 2.51. The molecule has 0 amide bonds. The third-order valence-corrected chi connectivity index (χ3v) is 2.74. The van der Waals surface area contributed by atoms with Crippen molar-refractivity contribution in [2.24, 2.45) is 0 Å². The largest absolute Gasteiger partial charge is 0.493 e. The second-order valence-corrected chi connectivity index (χ2v) is 3.82. The van der Waals surface area contributed by atoms with Crippen LogP contribution in [-0.2, 0) is 4.79 Å². The van der Waals surface area contributed by atoms with E-state index in [1.165, 1.54) is 0 Å². The van der Waals surface area contributed by atoms with Gasteiger partial charge < -0.3 is 14.2 Å². The van der Waals surface area contributed by atoms with E-state index in [4.69, 9.17) is 14.2 Å². The van der Waals surface area contributed by atoms with Gasteiger partial charge in [-0.15, -0.1) is 0 Å². The van der Waals surface area contributed by atoms with Crippen LogP contribution in [0.1, 0.15) is 24.8 Å². The molecule has 0 spiro atoms. The van der Waals surface area contributed by atoms with Crippen molar-refractivity contribution in [3.8, 4) is 17.2 Å². The monoisotopic (exact) mass is 222 g/mol. The van der Waals surface area contributed by atoms with Crippen LogP contribution in [0.15, 0.2) is 12.1 Å². The van der Waals surface area contributed by atoms with Crippen molar-refractivity contribution in [1.29, 1.82) is 0 Å². The van der Waals surface area contributed by atoms with E-state index in [1.807, 2.05) is 13.0 Å². The first kappa shape index (κ1) is 10.8. The van der Waals surface area contributed by atoms with Crippen molar-refractivity contribution >= 4 is 5.97 Å². The molecule has 4 heteroatoms. The summed E-state index contributed by atoms with van der Waals surface area (Å²) < 4.78 is 15.5. The summed E-state index contributed by atoms with van der Waals surface area (Å²) in [6.45, 7) is 1.99. The second-order valence-electron chi connectivity index (χ2n) is 3.82. The molecule has 0 N–H and O–H groups in total. The fourth-order valence-corrected chi connectivity index (χ4v) is 1.87. The number of fused-ring (bicyclic) bond motifs is 1. The van der Waals surface area contributed by atoms with E-state index in [2.05, 4.69) is 0 Å². The Bertz CT molecular complexity index is 425. The summed E-state index contributed by atoms with van der Waals surface area (Å²) in [5.74, 6) is 1.75. The Morgan fingerprint density at radius 1 is 1.25 bits per heavy atom. The minimum atomic E-state index is -0.202. The highest BCUT2D eigenvalue weighted by atomic mass is 16.5. The van der Waals surface area contributed by atoms with Crippen molar-refractivity contribution in [1.82, 2.24) is 0 Å². The van der Waals surface area contributed by atoms with Gasteiger partial charge in [-0.05, 0) is 12.0 Å². The SMILES string of the molecule is COc1cc2c(cc1OC)C(C)CC(=O)O2. The van der Waals surface area contributed by atoms with Gasteiger partial charge in [-0.3, -0.25) is 4.79 Å². The van der Waals surface area contributed by atoms with E-state index in [-0.39, 0.29) is 11.9 Å². The highest BCUT2D eigenvalue weighted by Crippen LogP contribution is 2.41. The maximum Gasteiger partial charge on any atom is 0.311 e. The fraction of sp³-hybridized carbons (Fsp3) is 0.417. The number of benzene rings is 1. The number of methoxy groups -OCH3 is 2. The van der Waals surface area contributed by atoms with E-state index in [9.17, 15) is 4.79 Å². The number of hydrogen-bond acceptors (Lipinski definition) is 4. The van der Waals surface area contributed by atoms with Crippen LogP contribution in [0, 0.1) is 0 Å². The first-order valence-electron chi connectivity index (χ1n) is 5.12. The van der Waals surface area contributed by atoms with Crippen molar-refractivity contribution in [2.75, 3.05) is 14.2 Å². The van der Waals surface area contributed by atoms with Crippen LogP contribution in [-0.4, -0.2) is 20.2 Å². The quantitative estimate of drug-likeness (QED) is 0.568. The molecule has 1 unspecified atom stereocenters. The molecule has 1 aromatic rings. The molecule has 0 fully saturated rings. The summed E-state index contributed by atoms with van der Waals surface area (Å²) in [7, 11) is 3.14. The zero-order chi connectivity index (χ0) is 11.7. The average Bonchev–Trinajstić information content (AvgIpc) is 2.27. The molecule has 0 aliphatic carbocycles. The van der Waals surface area contributed by atoms with Crippen LogP contribution in [0.25, 0.3) is 0 Å². The summed E-state index contributed by atoms with van der Waals surface area (Å²) in [4.78, 5) is 11.3. The number of rotatable bonds is 2. The summed E-state index contributed by atoms with van der Waals surface area (Å²) in [5, 5.41) is 0. The Kier molecular flexibility index (Phi) is 2.73. The molecule has 0 saturated carbocycles. The predicted molar refractivity (Wildman–Crippen MR) is 58.2 cm³/mol. The first-order chi connectivity index (χ1) is 7.65. The number of carbonyl (C=O) groups is 1. The molecule has 1 atom stereocenters. The standard InChI is InChI=1S/C12H14O4/c1-7-4-12(13)16-9-6-11(15-3)10(14-2)5-8(7)9/h5-7H,4H2,1-3H3. The van der Waals surface area contributed by atoms with E-state index in [0.717, 1.165) is 5.56 Å². The molecule has 1 heterocycles. The van der Waals surface area contributed by atoms with Gasteiger partial charge in [-0.25, -0.2) is 0 Å². The lowest BCUT2D eigenvalue weighted by Crippen LogP contribution is -2.18. The van der Waals surface area contributed by atoms with Crippen molar-refractivity contribution in [3.63, 3.8) is 0 Å². The van der Waals surface area contributed by atoms with Crippen molar-refractivity contribution < 1.29 is 19.0 Å². The normalized spacial score (nSPS) is 18.7. The highest BCUT2D eigenvalue weighted by molar-refractivity contribution is 5.77. The molecule has 86 valence electrons. The average molecular weight is 222 g/mol. The summed E-state index contributed by atoms with van der Waals surface area (Å²) in [6.07, 6.45) is 0.405. The molecule has 0 aromatic heterocycles. The molecule has 1 aliphatic heterocycles. The molecule has 0 saturated heterocycles. The fourth-order valence-electron chi connectivity index (χ4n) is 1.87. The van der Waals surface area contributed by atoms with Gasteiger partial charge in [-0.2, -0.15) is 0 Å². The topological polar surface area (TPSA) is 44.8 Å². The van der Waals surface area contributed by atoms with Gasteiger partial charge in [0.1, 0.15) is 5.75 Å². The van der Waals surface area contributed by atoms with Gasteiger partial charge >= 0.3 is 5.97 Å². The number of esters is 1. The lowest BCUT2D eigenvalue weighted by Gasteiger charge is -2.22. The summed E-state index contributed by atoms with van der Waals surface area (Å²) in [6, 6.07) is 3.56. The molecule has 2 rings (SSSR count). The molecule has 0 bridgehead atoms. The van der Waals surface area contributed by atoms with Gasteiger partial charge in [0, 0.05) is 11.6 Å². The third-order valence-electron chi connectivity index (χ3n) is 2.74. The Morgan fingerprint density at radius 2 is 1.88 bits per heavy atom. The predicted octanol–water partition coefficient (Wildman–Crippen LogP) is 2.12. The minimum absolute atomic E-state index is 0.149. The van der Waals surface area contributed by atoms with E-state index in [1.54, 1.807) is 20.3 Å². The van der Waals surface area contributed by atoms with E-state index >= 15 is 0 Å². The molecule has 0 radical (unpaired) electrons. The van der Waals surface area contributed by atoms with Crippen molar-refractivity contribution in [2.45, 2.75) is 19.3 Å². The number of hydrogen-bond donors (Lipinski definition) is 0. The number of ether oxygens (including phenoxy) is 3. The molecule has 4 nitrogen and oxygen atoms in total. The van der Waals surface area contributed by atoms with Crippen LogP contribution in [0.3, 0.4) is 0 Å². The zero-order valence-corrected chi connectivity index (χ0v) is 9.57. The molecular formula is C12H14O4. The van der Waals surface area contributed by atoms with Crippen LogP contribution in [0.2, 0.25) is 0 Å². The summed E-state index contributed by atoms with van der Waals surface area (Å²) >= 11 is 0. The Labute approximate surface area is 94.1 Å². The van der Waals surface area contributed by atoms with Crippen LogP contribution in [0.5, 0.6) is 17.2 Å². The highest BCUT2D eigenvalue weighted by Gasteiger charge is 2.25.